The fraction of sp³-hybridized carbons (Fsp3) is 0.211. The summed E-state index contributed by atoms with van der Waals surface area (Å²) in [6.45, 7) is 2.69. The summed E-state index contributed by atoms with van der Waals surface area (Å²) in [6, 6.07) is 14.7. The first kappa shape index (κ1) is 17.2. The number of carbonyl (C=O) groups excluding carboxylic acids is 1. The van der Waals surface area contributed by atoms with Crippen LogP contribution in [0.5, 0.6) is 0 Å². The fourth-order valence-corrected chi connectivity index (χ4v) is 2.50. The zero-order valence-electron chi connectivity index (χ0n) is 13.9. The summed E-state index contributed by atoms with van der Waals surface area (Å²) < 4.78 is 0. The fourth-order valence-electron chi connectivity index (χ4n) is 2.38. The second-order valence-electron chi connectivity index (χ2n) is 5.65. The molecular formula is C19H19ClN4O. The Kier molecular flexibility index (Phi) is 5.46. The smallest absolute Gasteiger partial charge is 0.273 e. The van der Waals surface area contributed by atoms with Gasteiger partial charge < -0.3 is 10.6 Å². The number of carbonyl (C=O) groups is 1. The number of hydrogen-bond acceptors (Lipinski definition) is 4. The summed E-state index contributed by atoms with van der Waals surface area (Å²) in [4.78, 5) is 21.6. The number of halogens is 1. The molecule has 25 heavy (non-hydrogen) atoms. The average molecular weight is 355 g/mol. The first-order chi connectivity index (χ1) is 12.2. The minimum absolute atomic E-state index is 0.233. The third kappa shape index (κ3) is 4.25. The maximum absolute atomic E-state index is 12.6. The summed E-state index contributed by atoms with van der Waals surface area (Å²) >= 11 is 5.93. The number of benzene rings is 2. The van der Waals surface area contributed by atoms with Crippen LogP contribution in [0.4, 0.5) is 11.5 Å². The molecule has 3 rings (SSSR count). The van der Waals surface area contributed by atoms with Crippen LogP contribution in [0.25, 0.3) is 11.0 Å². The third-order valence-electron chi connectivity index (χ3n) is 3.71. The van der Waals surface area contributed by atoms with Crippen molar-refractivity contribution in [2.75, 3.05) is 11.9 Å². The molecule has 1 aromatic heterocycles. The molecule has 0 fully saturated rings. The van der Waals surface area contributed by atoms with Crippen LogP contribution in [0.1, 0.15) is 30.3 Å². The lowest BCUT2D eigenvalue weighted by Crippen LogP contribution is -2.26. The quantitative estimate of drug-likeness (QED) is 0.637. The number of amides is 1. The first-order valence-corrected chi connectivity index (χ1v) is 8.62. The van der Waals surface area contributed by atoms with Crippen molar-refractivity contribution in [2.45, 2.75) is 19.8 Å². The van der Waals surface area contributed by atoms with Gasteiger partial charge in [0.25, 0.3) is 5.91 Å². The highest BCUT2D eigenvalue weighted by atomic mass is 35.5. The Morgan fingerprint density at radius 3 is 2.40 bits per heavy atom. The van der Waals surface area contributed by atoms with Crippen LogP contribution in [0.3, 0.4) is 0 Å². The van der Waals surface area contributed by atoms with Crippen molar-refractivity contribution in [3.63, 3.8) is 0 Å². The number of nitrogens with zero attached hydrogens (tertiary/aromatic N) is 2. The van der Waals surface area contributed by atoms with Gasteiger partial charge in [-0.2, -0.15) is 0 Å². The van der Waals surface area contributed by atoms with E-state index in [1.807, 2.05) is 36.4 Å². The molecule has 1 heterocycles. The lowest BCUT2D eigenvalue weighted by molar-refractivity contribution is 0.0949. The van der Waals surface area contributed by atoms with Gasteiger partial charge >= 0.3 is 0 Å². The molecule has 0 radical (unpaired) electrons. The predicted octanol–water partition coefficient (Wildman–Crippen LogP) is 4.56. The Bertz CT molecular complexity index is 880. The van der Waals surface area contributed by atoms with Gasteiger partial charge in [-0.25, -0.2) is 9.97 Å². The van der Waals surface area contributed by atoms with Crippen molar-refractivity contribution in [3.8, 4) is 0 Å². The van der Waals surface area contributed by atoms with E-state index in [1.165, 1.54) is 0 Å². The molecule has 0 saturated heterocycles. The summed E-state index contributed by atoms with van der Waals surface area (Å²) in [5, 5.41) is 6.71. The molecule has 0 saturated carbocycles. The second kappa shape index (κ2) is 7.94. The van der Waals surface area contributed by atoms with E-state index in [2.05, 4.69) is 27.5 Å². The van der Waals surface area contributed by atoms with Crippen molar-refractivity contribution >= 4 is 40.0 Å². The number of rotatable bonds is 6. The normalized spacial score (nSPS) is 10.6. The average Bonchev–Trinajstić information content (AvgIpc) is 2.63. The number of nitrogens with one attached hydrogen (secondary N) is 2. The largest absolute Gasteiger partial charge is 0.351 e. The first-order valence-electron chi connectivity index (χ1n) is 8.25. The second-order valence-corrected chi connectivity index (χ2v) is 6.09. The van der Waals surface area contributed by atoms with Gasteiger partial charge in [0.15, 0.2) is 11.5 Å². The van der Waals surface area contributed by atoms with Crippen LogP contribution in [-0.2, 0) is 0 Å². The SMILES string of the molecule is CCCCNC(=O)c1nc2ccccc2nc1Nc1ccc(Cl)cc1. The molecule has 128 valence electrons. The van der Waals surface area contributed by atoms with Crippen LogP contribution in [0.2, 0.25) is 5.02 Å². The van der Waals surface area contributed by atoms with Crippen LogP contribution >= 0.6 is 11.6 Å². The molecule has 5 nitrogen and oxygen atoms in total. The summed E-state index contributed by atoms with van der Waals surface area (Å²) in [6.07, 6.45) is 1.94. The van der Waals surface area contributed by atoms with Gasteiger partial charge in [0.2, 0.25) is 0 Å². The number of unbranched alkanes of at least 4 members (excludes halogenated alkanes) is 1. The summed E-state index contributed by atoms with van der Waals surface area (Å²) in [5.74, 6) is 0.193. The molecule has 0 unspecified atom stereocenters. The third-order valence-corrected chi connectivity index (χ3v) is 3.96. The van der Waals surface area contributed by atoms with Crippen LogP contribution in [-0.4, -0.2) is 22.4 Å². The van der Waals surface area contributed by atoms with Gasteiger partial charge in [-0.1, -0.05) is 37.1 Å². The van der Waals surface area contributed by atoms with E-state index in [0.717, 1.165) is 24.0 Å². The molecular weight excluding hydrogens is 336 g/mol. The molecule has 0 spiro atoms. The lowest BCUT2D eigenvalue weighted by Gasteiger charge is -2.12. The monoisotopic (exact) mass is 354 g/mol. The molecule has 2 N–H and O–H groups in total. The van der Waals surface area contributed by atoms with E-state index in [-0.39, 0.29) is 11.6 Å². The molecule has 0 atom stereocenters. The molecule has 0 aliphatic carbocycles. The Balaban J connectivity index is 1.96. The molecule has 6 heteroatoms. The zero-order chi connectivity index (χ0) is 17.6. The molecule has 0 aliphatic rings. The van der Waals surface area contributed by atoms with Gasteiger partial charge in [-0.05, 0) is 42.8 Å². The highest BCUT2D eigenvalue weighted by Gasteiger charge is 2.16. The molecule has 2 aromatic carbocycles. The van der Waals surface area contributed by atoms with Crippen molar-refractivity contribution in [1.29, 1.82) is 0 Å². The summed E-state index contributed by atoms with van der Waals surface area (Å²) in [7, 11) is 0. The van der Waals surface area contributed by atoms with E-state index in [1.54, 1.807) is 12.1 Å². The topological polar surface area (TPSA) is 66.9 Å². The van der Waals surface area contributed by atoms with Gasteiger partial charge in [0.1, 0.15) is 0 Å². The number of anilines is 2. The highest BCUT2D eigenvalue weighted by molar-refractivity contribution is 6.30. The standard InChI is InChI=1S/C19H19ClN4O/c1-2-3-12-21-19(25)17-18(22-14-10-8-13(20)9-11-14)24-16-7-5-4-6-15(16)23-17/h4-11H,2-3,12H2,1H3,(H,21,25)(H,22,24). The van der Waals surface area contributed by atoms with E-state index in [9.17, 15) is 4.79 Å². The molecule has 1 amide bonds. The van der Waals surface area contributed by atoms with Crippen molar-refractivity contribution in [3.05, 3.63) is 59.2 Å². The Morgan fingerprint density at radius 2 is 1.72 bits per heavy atom. The molecule has 0 bridgehead atoms. The Labute approximate surface area is 151 Å². The van der Waals surface area contributed by atoms with E-state index < -0.39 is 0 Å². The van der Waals surface area contributed by atoms with Crippen LogP contribution < -0.4 is 10.6 Å². The van der Waals surface area contributed by atoms with Gasteiger partial charge in [0.05, 0.1) is 11.0 Å². The number of aromatic nitrogens is 2. The van der Waals surface area contributed by atoms with Crippen molar-refractivity contribution in [1.82, 2.24) is 15.3 Å². The maximum atomic E-state index is 12.6. The maximum Gasteiger partial charge on any atom is 0.273 e. The summed E-state index contributed by atoms with van der Waals surface area (Å²) in [5.41, 5.74) is 2.48. The van der Waals surface area contributed by atoms with Gasteiger partial charge in [-0.15, -0.1) is 0 Å². The Morgan fingerprint density at radius 1 is 1.04 bits per heavy atom. The minimum atomic E-state index is -0.233. The molecule has 0 aliphatic heterocycles. The van der Waals surface area contributed by atoms with E-state index >= 15 is 0 Å². The zero-order valence-corrected chi connectivity index (χ0v) is 14.7. The predicted molar refractivity (Wildman–Crippen MR) is 102 cm³/mol. The van der Waals surface area contributed by atoms with Crippen molar-refractivity contribution < 1.29 is 4.79 Å². The molecule has 3 aromatic rings. The van der Waals surface area contributed by atoms with Crippen LogP contribution in [0, 0.1) is 0 Å². The Hall–Kier alpha value is -2.66. The lowest BCUT2D eigenvalue weighted by atomic mass is 10.2. The van der Waals surface area contributed by atoms with E-state index in [4.69, 9.17) is 11.6 Å². The van der Waals surface area contributed by atoms with Gasteiger partial charge in [0, 0.05) is 17.3 Å². The number of fused-ring (bicyclic) bond motifs is 1. The minimum Gasteiger partial charge on any atom is -0.351 e. The van der Waals surface area contributed by atoms with Crippen molar-refractivity contribution in [2.24, 2.45) is 0 Å². The van der Waals surface area contributed by atoms with Gasteiger partial charge in [-0.3, -0.25) is 4.79 Å². The van der Waals surface area contributed by atoms with E-state index in [0.29, 0.717) is 22.9 Å². The van der Waals surface area contributed by atoms with Crippen LogP contribution in [0.15, 0.2) is 48.5 Å². The number of para-hydroxylation sites is 2. The highest BCUT2D eigenvalue weighted by Crippen LogP contribution is 2.22. The number of hydrogen-bond donors (Lipinski definition) is 2.